The maximum Gasteiger partial charge on any atom is 0.117 e. The minimum atomic E-state index is 0.565. The second-order valence-electron chi connectivity index (χ2n) is 5.50. The Morgan fingerprint density at radius 2 is 1.65 bits per heavy atom. The number of aromatic nitrogens is 1. The lowest BCUT2D eigenvalue weighted by atomic mass is 9.94. The smallest absolute Gasteiger partial charge is 0.117 e. The van der Waals surface area contributed by atoms with Gasteiger partial charge in [0, 0.05) is 23.5 Å². The molecule has 0 aliphatic carbocycles. The second-order valence-corrected chi connectivity index (χ2v) is 5.50. The van der Waals surface area contributed by atoms with E-state index in [9.17, 15) is 5.21 Å². The molecular formula is C20H18N2O. The van der Waals surface area contributed by atoms with E-state index < -0.39 is 0 Å². The van der Waals surface area contributed by atoms with Crippen LogP contribution in [0.1, 0.15) is 27.8 Å². The van der Waals surface area contributed by atoms with Crippen LogP contribution in [0.25, 0.3) is 0 Å². The van der Waals surface area contributed by atoms with Crippen molar-refractivity contribution in [3.05, 3.63) is 101 Å². The maximum atomic E-state index is 9.53. The van der Waals surface area contributed by atoms with Crippen LogP contribution in [0.15, 0.2) is 78.2 Å². The number of oxime groups is 1. The fraction of sp³-hybridized carbons (Fsp3) is 0.100. The van der Waals surface area contributed by atoms with E-state index in [2.05, 4.69) is 47.4 Å². The standard InChI is InChI=1S/C20H18N2O/c1-15-6-8-16(9-7-15)14-18-4-2-3-5-19(18)20(22-23)17-10-12-21-13-11-17/h2-13,23H,14H2,1H3. The van der Waals surface area contributed by atoms with Gasteiger partial charge in [-0.15, -0.1) is 0 Å². The van der Waals surface area contributed by atoms with Gasteiger partial charge in [-0.3, -0.25) is 4.98 Å². The highest BCUT2D eigenvalue weighted by Crippen LogP contribution is 2.19. The average Bonchev–Trinajstić information content (AvgIpc) is 2.60. The van der Waals surface area contributed by atoms with Crippen LogP contribution in [0.5, 0.6) is 0 Å². The van der Waals surface area contributed by atoms with Gasteiger partial charge >= 0.3 is 0 Å². The Labute approximate surface area is 136 Å². The highest BCUT2D eigenvalue weighted by molar-refractivity contribution is 6.13. The maximum absolute atomic E-state index is 9.53. The van der Waals surface area contributed by atoms with E-state index in [1.807, 2.05) is 30.3 Å². The molecule has 1 N–H and O–H groups in total. The zero-order valence-corrected chi connectivity index (χ0v) is 13.0. The van der Waals surface area contributed by atoms with Gasteiger partial charge < -0.3 is 5.21 Å². The minimum Gasteiger partial charge on any atom is -0.410 e. The number of rotatable bonds is 4. The van der Waals surface area contributed by atoms with Crippen molar-refractivity contribution in [2.45, 2.75) is 13.3 Å². The van der Waals surface area contributed by atoms with E-state index >= 15 is 0 Å². The van der Waals surface area contributed by atoms with Crippen LogP contribution in [0, 0.1) is 6.92 Å². The van der Waals surface area contributed by atoms with Gasteiger partial charge in [0.25, 0.3) is 0 Å². The SMILES string of the molecule is Cc1ccc(Cc2ccccc2C(=NO)c2ccncc2)cc1. The van der Waals surface area contributed by atoms with Crippen LogP contribution in [-0.4, -0.2) is 15.9 Å². The predicted octanol–water partition coefficient (Wildman–Crippen LogP) is 4.21. The molecule has 1 heterocycles. The van der Waals surface area contributed by atoms with Gasteiger partial charge in [-0.25, -0.2) is 0 Å². The Morgan fingerprint density at radius 3 is 2.35 bits per heavy atom. The van der Waals surface area contributed by atoms with Crippen molar-refractivity contribution in [3.8, 4) is 0 Å². The number of aryl methyl sites for hydroxylation is 1. The van der Waals surface area contributed by atoms with Crippen molar-refractivity contribution < 1.29 is 5.21 Å². The Balaban J connectivity index is 1.99. The van der Waals surface area contributed by atoms with Crippen LogP contribution < -0.4 is 0 Å². The van der Waals surface area contributed by atoms with Crippen LogP contribution >= 0.6 is 0 Å². The average molecular weight is 302 g/mol. The summed E-state index contributed by atoms with van der Waals surface area (Å²) in [5, 5.41) is 13.1. The monoisotopic (exact) mass is 302 g/mol. The fourth-order valence-electron chi connectivity index (χ4n) is 2.61. The number of hydrogen-bond acceptors (Lipinski definition) is 3. The third-order valence-electron chi connectivity index (χ3n) is 3.84. The van der Waals surface area contributed by atoms with Crippen molar-refractivity contribution in [1.82, 2.24) is 4.98 Å². The van der Waals surface area contributed by atoms with Crippen molar-refractivity contribution in [1.29, 1.82) is 0 Å². The van der Waals surface area contributed by atoms with Crippen molar-refractivity contribution in [3.63, 3.8) is 0 Å². The first-order chi connectivity index (χ1) is 11.3. The molecule has 0 amide bonds. The molecule has 23 heavy (non-hydrogen) atoms. The van der Waals surface area contributed by atoms with Crippen LogP contribution in [0.2, 0.25) is 0 Å². The molecule has 1 aromatic heterocycles. The molecule has 0 atom stereocenters. The quantitative estimate of drug-likeness (QED) is 0.446. The summed E-state index contributed by atoms with van der Waals surface area (Å²) in [5.41, 5.74) is 5.95. The first-order valence-corrected chi connectivity index (χ1v) is 7.54. The van der Waals surface area contributed by atoms with Gasteiger partial charge in [0.2, 0.25) is 0 Å². The summed E-state index contributed by atoms with van der Waals surface area (Å²) >= 11 is 0. The molecule has 0 fully saturated rings. The molecule has 3 aromatic rings. The van der Waals surface area contributed by atoms with E-state index in [1.54, 1.807) is 12.4 Å². The fourth-order valence-corrected chi connectivity index (χ4v) is 2.61. The lowest BCUT2D eigenvalue weighted by Gasteiger charge is -2.11. The predicted molar refractivity (Wildman–Crippen MR) is 92.1 cm³/mol. The molecular weight excluding hydrogens is 284 g/mol. The molecule has 0 aliphatic rings. The topological polar surface area (TPSA) is 45.5 Å². The summed E-state index contributed by atoms with van der Waals surface area (Å²) < 4.78 is 0. The van der Waals surface area contributed by atoms with Gasteiger partial charge in [-0.05, 0) is 36.6 Å². The Kier molecular flexibility index (Phi) is 4.48. The summed E-state index contributed by atoms with van der Waals surface area (Å²) in [6, 6.07) is 20.2. The summed E-state index contributed by atoms with van der Waals surface area (Å²) in [7, 11) is 0. The van der Waals surface area contributed by atoms with Gasteiger partial charge in [0.15, 0.2) is 0 Å². The number of hydrogen-bond donors (Lipinski definition) is 1. The summed E-state index contributed by atoms with van der Waals surface area (Å²) in [5.74, 6) is 0. The Hall–Kier alpha value is -2.94. The van der Waals surface area contributed by atoms with E-state index in [4.69, 9.17) is 0 Å². The molecule has 0 radical (unpaired) electrons. The van der Waals surface area contributed by atoms with Crippen LogP contribution in [0.4, 0.5) is 0 Å². The highest BCUT2D eigenvalue weighted by Gasteiger charge is 2.12. The molecule has 3 heteroatoms. The molecule has 3 rings (SSSR count). The molecule has 0 saturated heterocycles. The molecule has 0 spiro atoms. The molecule has 3 nitrogen and oxygen atoms in total. The third-order valence-corrected chi connectivity index (χ3v) is 3.84. The van der Waals surface area contributed by atoms with E-state index in [-0.39, 0.29) is 0 Å². The number of pyridine rings is 1. The molecule has 0 aliphatic heterocycles. The van der Waals surface area contributed by atoms with E-state index in [0.29, 0.717) is 5.71 Å². The third kappa shape index (κ3) is 3.46. The first-order valence-electron chi connectivity index (χ1n) is 7.54. The lowest BCUT2D eigenvalue weighted by Crippen LogP contribution is -2.07. The Bertz CT molecular complexity index is 809. The van der Waals surface area contributed by atoms with Gasteiger partial charge in [0.05, 0.1) is 0 Å². The van der Waals surface area contributed by atoms with Crippen molar-refractivity contribution in [2.75, 3.05) is 0 Å². The number of benzene rings is 2. The van der Waals surface area contributed by atoms with Gasteiger partial charge in [-0.2, -0.15) is 0 Å². The zero-order chi connectivity index (χ0) is 16.1. The van der Waals surface area contributed by atoms with E-state index in [0.717, 1.165) is 23.1 Å². The minimum absolute atomic E-state index is 0.565. The summed E-state index contributed by atoms with van der Waals surface area (Å²) in [6.45, 7) is 2.08. The zero-order valence-electron chi connectivity index (χ0n) is 13.0. The van der Waals surface area contributed by atoms with Crippen molar-refractivity contribution in [2.24, 2.45) is 5.16 Å². The molecule has 2 aromatic carbocycles. The summed E-state index contributed by atoms with van der Waals surface area (Å²) in [4.78, 5) is 4.02. The summed E-state index contributed by atoms with van der Waals surface area (Å²) in [6.07, 6.45) is 4.19. The van der Waals surface area contributed by atoms with E-state index in [1.165, 1.54) is 11.1 Å². The van der Waals surface area contributed by atoms with Gasteiger partial charge in [-0.1, -0.05) is 59.3 Å². The molecule has 0 bridgehead atoms. The van der Waals surface area contributed by atoms with Crippen LogP contribution in [-0.2, 0) is 6.42 Å². The second kappa shape index (κ2) is 6.88. The molecule has 114 valence electrons. The lowest BCUT2D eigenvalue weighted by molar-refractivity contribution is 0.319. The normalized spacial score (nSPS) is 11.4. The first kappa shape index (κ1) is 15.0. The number of nitrogens with zero attached hydrogens (tertiary/aromatic N) is 2. The molecule has 0 saturated carbocycles. The van der Waals surface area contributed by atoms with Crippen molar-refractivity contribution >= 4 is 5.71 Å². The van der Waals surface area contributed by atoms with Crippen LogP contribution in [0.3, 0.4) is 0 Å². The molecule has 0 unspecified atom stereocenters. The van der Waals surface area contributed by atoms with Gasteiger partial charge in [0.1, 0.15) is 5.71 Å². The largest absolute Gasteiger partial charge is 0.410 e. The highest BCUT2D eigenvalue weighted by atomic mass is 16.4. The Morgan fingerprint density at radius 1 is 0.957 bits per heavy atom.